The molecule has 2 aromatic rings. The number of para-hydroxylation sites is 1. The fourth-order valence-corrected chi connectivity index (χ4v) is 2.48. The lowest BCUT2D eigenvalue weighted by Crippen LogP contribution is -2.24. The Hall–Kier alpha value is -2.32. The summed E-state index contributed by atoms with van der Waals surface area (Å²) in [4.78, 5) is 4.18. The van der Waals surface area contributed by atoms with Crippen LogP contribution in [0.1, 0.15) is 12.5 Å². The van der Waals surface area contributed by atoms with Crippen molar-refractivity contribution in [1.82, 2.24) is 9.71 Å². The first-order valence-corrected chi connectivity index (χ1v) is 8.95. The van der Waals surface area contributed by atoms with Gasteiger partial charge < -0.3 is 14.2 Å². The summed E-state index contributed by atoms with van der Waals surface area (Å²) >= 11 is 0. The maximum atomic E-state index is 11.4. The van der Waals surface area contributed by atoms with Gasteiger partial charge in [0.25, 0.3) is 0 Å². The SMILES string of the molecule is CCS(=O)(=O)NCc1ccc(Oc2c(OC)cccc2OC)nc1. The largest absolute Gasteiger partial charge is 0.493 e. The molecule has 1 aromatic heterocycles. The monoisotopic (exact) mass is 352 g/mol. The van der Waals surface area contributed by atoms with Crippen LogP contribution in [0.3, 0.4) is 0 Å². The molecule has 0 saturated carbocycles. The highest BCUT2D eigenvalue weighted by molar-refractivity contribution is 7.89. The van der Waals surface area contributed by atoms with E-state index in [1.54, 1.807) is 43.5 Å². The second kappa shape index (κ2) is 7.98. The number of sulfonamides is 1. The van der Waals surface area contributed by atoms with Crippen LogP contribution in [0.5, 0.6) is 23.1 Å². The molecule has 0 aliphatic heterocycles. The van der Waals surface area contributed by atoms with Crippen molar-refractivity contribution in [3.8, 4) is 23.1 Å². The van der Waals surface area contributed by atoms with Crippen molar-refractivity contribution in [2.75, 3.05) is 20.0 Å². The Morgan fingerprint density at radius 1 is 1.08 bits per heavy atom. The van der Waals surface area contributed by atoms with E-state index in [1.807, 2.05) is 0 Å². The first-order valence-electron chi connectivity index (χ1n) is 7.30. The molecular formula is C16H20N2O5S. The van der Waals surface area contributed by atoms with Crippen molar-refractivity contribution in [1.29, 1.82) is 0 Å². The average molecular weight is 352 g/mol. The van der Waals surface area contributed by atoms with E-state index in [-0.39, 0.29) is 12.3 Å². The van der Waals surface area contributed by atoms with Crippen LogP contribution in [0.2, 0.25) is 0 Å². The Morgan fingerprint density at radius 3 is 2.25 bits per heavy atom. The number of hydrogen-bond acceptors (Lipinski definition) is 6. The molecule has 130 valence electrons. The minimum atomic E-state index is -3.24. The summed E-state index contributed by atoms with van der Waals surface area (Å²) in [6.07, 6.45) is 1.55. The Labute approximate surface area is 141 Å². The average Bonchev–Trinajstić information content (AvgIpc) is 2.61. The van der Waals surface area contributed by atoms with E-state index in [2.05, 4.69) is 9.71 Å². The molecule has 2 rings (SSSR count). The van der Waals surface area contributed by atoms with Crippen molar-refractivity contribution < 1.29 is 22.6 Å². The summed E-state index contributed by atoms with van der Waals surface area (Å²) in [6, 6.07) is 8.70. The van der Waals surface area contributed by atoms with Gasteiger partial charge in [0, 0.05) is 18.8 Å². The molecule has 1 heterocycles. The molecule has 24 heavy (non-hydrogen) atoms. The van der Waals surface area contributed by atoms with Gasteiger partial charge in [-0.05, 0) is 24.6 Å². The zero-order valence-electron chi connectivity index (χ0n) is 13.8. The molecule has 7 nitrogen and oxygen atoms in total. The number of benzene rings is 1. The molecule has 0 saturated heterocycles. The molecule has 0 amide bonds. The van der Waals surface area contributed by atoms with Crippen molar-refractivity contribution in [3.05, 3.63) is 42.1 Å². The predicted octanol–water partition coefficient (Wildman–Crippen LogP) is 2.33. The third-order valence-electron chi connectivity index (χ3n) is 3.26. The number of hydrogen-bond donors (Lipinski definition) is 1. The summed E-state index contributed by atoms with van der Waals surface area (Å²) in [6.45, 7) is 1.76. The van der Waals surface area contributed by atoms with E-state index in [4.69, 9.17) is 14.2 Å². The molecule has 0 atom stereocenters. The van der Waals surface area contributed by atoms with E-state index in [0.29, 0.717) is 23.1 Å². The van der Waals surface area contributed by atoms with Crippen molar-refractivity contribution in [2.24, 2.45) is 0 Å². The van der Waals surface area contributed by atoms with Crippen molar-refractivity contribution >= 4 is 10.0 Å². The molecular weight excluding hydrogens is 332 g/mol. The minimum absolute atomic E-state index is 0.0369. The third-order valence-corrected chi connectivity index (χ3v) is 4.61. The van der Waals surface area contributed by atoms with E-state index in [1.165, 1.54) is 14.2 Å². The lowest BCUT2D eigenvalue weighted by molar-refractivity contribution is 0.342. The topological polar surface area (TPSA) is 86.8 Å². The molecule has 1 aromatic carbocycles. The predicted molar refractivity (Wildman–Crippen MR) is 90.2 cm³/mol. The van der Waals surface area contributed by atoms with Gasteiger partial charge in [0.2, 0.25) is 21.7 Å². The van der Waals surface area contributed by atoms with Crippen LogP contribution in [-0.2, 0) is 16.6 Å². The Balaban J connectivity index is 2.12. The van der Waals surface area contributed by atoms with Gasteiger partial charge in [-0.25, -0.2) is 18.1 Å². The highest BCUT2D eigenvalue weighted by atomic mass is 32.2. The zero-order valence-corrected chi connectivity index (χ0v) is 14.6. The number of rotatable bonds is 8. The summed E-state index contributed by atoms with van der Waals surface area (Å²) < 4.78 is 41.6. The van der Waals surface area contributed by atoms with Crippen LogP contribution in [0, 0.1) is 0 Å². The van der Waals surface area contributed by atoms with E-state index in [0.717, 1.165) is 5.56 Å². The molecule has 0 fully saturated rings. The van der Waals surface area contributed by atoms with Crippen molar-refractivity contribution in [2.45, 2.75) is 13.5 Å². The highest BCUT2D eigenvalue weighted by Gasteiger charge is 2.13. The van der Waals surface area contributed by atoms with Crippen LogP contribution in [-0.4, -0.2) is 33.4 Å². The number of pyridine rings is 1. The quantitative estimate of drug-likeness (QED) is 0.785. The van der Waals surface area contributed by atoms with Gasteiger partial charge in [-0.3, -0.25) is 0 Å². The van der Waals surface area contributed by atoms with Gasteiger partial charge >= 0.3 is 0 Å². The molecule has 8 heteroatoms. The summed E-state index contributed by atoms with van der Waals surface area (Å²) in [7, 11) is -0.157. The lowest BCUT2D eigenvalue weighted by atomic mass is 10.3. The lowest BCUT2D eigenvalue weighted by Gasteiger charge is -2.13. The molecule has 0 aliphatic carbocycles. The number of aromatic nitrogens is 1. The van der Waals surface area contributed by atoms with Gasteiger partial charge in [0.05, 0.1) is 20.0 Å². The number of methoxy groups -OCH3 is 2. The normalized spacial score (nSPS) is 11.1. The number of ether oxygens (including phenoxy) is 3. The Kier molecular flexibility index (Phi) is 5.99. The van der Waals surface area contributed by atoms with Gasteiger partial charge in [0.15, 0.2) is 11.5 Å². The molecule has 0 spiro atoms. The maximum Gasteiger partial charge on any atom is 0.219 e. The first kappa shape index (κ1) is 18.0. The molecule has 0 aliphatic rings. The van der Waals surface area contributed by atoms with Crippen molar-refractivity contribution in [3.63, 3.8) is 0 Å². The van der Waals surface area contributed by atoms with Crippen LogP contribution in [0.15, 0.2) is 36.5 Å². The van der Waals surface area contributed by atoms with Gasteiger partial charge in [-0.15, -0.1) is 0 Å². The first-order chi connectivity index (χ1) is 11.5. The van der Waals surface area contributed by atoms with Crippen LogP contribution in [0.25, 0.3) is 0 Å². The van der Waals surface area contributed by atoms with Gasteiger partial charge in [0.1, 0.15) is 0 Å². The van der Waals surface area contributed by atoms with E-state index >= 15 is 0 Å². The summed E-state index contributed by atoms with van der Waals surface area (Å²) in [5.41, 5.74) is 0.728. The smallest absolute Gasteiger partial charge is 0.219 e. The summed E-state index contributed by atoms with van der Waals surface area (Å²) in [5, 5.41) is 0. The second-order valence-corrected chi connectivity index (χ2v) is 6.92. The number of nitrogens with zero attached hydrogens (tertiary/aromatic N) is 1. The molecule has 1 N–H and O–H groups in total. The number of nitrogens with one attached hydrogen (secondary N) is 1. The molecule has 0 unspecified atom stereocenters. The van der Waals surface area contributed by atoms with Gasteiger partial charge in [-0.2, -0.15) is 0 Å². The van der Waals surface area contributed by atoms with E-state index < -0.39 is 10.0 Å². The van der Waals surface area contributed by atoms with Crippen LogP contribution in [0.4, 0.5) is 0 Å². The maximum absolute atomic E-state index is 11.4. The second-order valence-electron chi connectivity index (χ2n) is 4.82. The molecule has 0 radical (unpaired) electrons. The fourth-order valence-electron chi connectivity index (χ4n) is 1.89. The van der Waals surface area contributed by atoms with Crippen LogP contribution < -0.4 is 18.9 Å². The summed E-state index contributed by atoms with van der Waals surface area (Å²) in [5.74, 6) is 1.86. The third kappa shape index (κ3) is 4.59. The zero-order chi connectivity index (χ0) is 17.6. The fraction of sp³-hybridized carbons (Fsp3) is 0.312. The minimum Gasteiger partial charge on any atom is -0.493 e. The van der Waals surface area contributed by atoms with Crippen LogP contribution >= 0.6 is 0 Å². The Bertz CT molecular complexity index is 753. The highest BCUT2D eigenvalue weighted by Crippen LogP contribution is 2.39. The molecule has 0 bridgehead atoms. The standard InChI is InChI=1S/C16H20N2O5S/c1-4-24(19,20)18-11-12-8-9-15(17-10-12)23-16-13(21-2)6-5-7-14(16)22-3/h5-10,18H,4,11H2,1-3H3. The van der Waals surface area contributed by atoms with Gasteiger partial charge in [-0.1, -0.05) is 12.1 Å². The Morgan fingerprint density at radius 2 is 1.75 bits per heavy atom. The van der Waals surface area contributed by atoms with E-state index in [9.17, 15) is 8.42 Å².